The molecule has 140 valence electrons. The maximum absolute atomic E-state index is 12.2. The third kappa shape index (κ3) is 6.39. The maximum atomic E-state index is 12.2. The molecule has 1 aliphatic heterocycles. The van der Waals surface area contributed by atoms with E-state index in [4.69, 9.17) is 9.05 Å². The third-order valence-corrected chi connectivity index (χ3v) is 4.38. The molecule has 24 heavy (non-hydrogen) atoms. The highest BCUT2D eigenvalue weighted by Crippen LogP contribution is 2.57. The number of hydrogen-bond donors (Lipinski definition) is 1. The molecule has 0 spiro atoms. The molecule has 8 nitrogen and oxygen atoms in total. The van der Waals surface area contributed by atoms with Crippen LogP contribution >= 0.6 is 7.82 Å². The molecule has 0 saturated carbocycles. The lowest BCUT2D eigenvalue weighted by Crippen LogP contribution is -2.50. The predicted molar refractivity (Wildman–Crippen MR) is 73.9 cm³/mol. The van der Waals surface area contributed by atoms with Crippen LogP contribution in [-0.2, 0) is 32.5 Å². The molecule has 1 fully saturated rings. The predicted octanol–water partition coefficient (Wildman–Crippen LogP) is 1.79. The first-order valence-electron chi connectivity index (χ1n) is 6.87. The number of carbonyl (C=O) groups excluding carboxylic acids is 2. The number of phosphoric acid groups is 1. The van der Waals surface area contributed by atoms with Gasteiger partial charge < -0.3 is 10.1 Å². The first-order valence-corrected chi connectivity index (χ1v) is 8.33. The molecule has 0 aromatic carbocycles. The Kier molecular flexibility index (Phi) is 6.80. The standard InChI is InChI=1S/C12H19F3NO7P/c1-11(2)6-21-24(19,22-7-12(13,14)15)23-9(11)10(18)16-5-4-8(17)20-3/h9H,4-7H2,1-3H3,(H,16,18)/t9-,24-/m0/s1. The van der Waals surface area contributed by atoms with Gasteiger partial charge in [0.05, 0.1) is 20.1 Å². The van der Waals surface area contributed by atoms with Gasteiger partial charge in [-0.25, -0.2) is 4.57 Å². The minimum atomic E-state index is -4.73. The van der Waals surface area contributed by atoms with Crippen molar-refractivity contribution < 1.29 is 45.6 Å². The molecule has 1 rings (SSSR count). The fraction of sp³-hybridized carbons (Fsp3) is 0.833. The number of carbonyl (C=O) groups is 2. The summed E-state index contributed by atoms with van der Waals surface area (Å²) < 4.78 is 66.9. The lowest BCUT2D eigenvalue weighted by Gasteiger charge is -2.39. The number of rotatable bonds is 6. The van der Waals surface area contributed by atoms with E-state index in [1.807, 2.05) is 0 Å². The third-order valence-electron chi connectivity index (χ3n) is 3.02. The SMILES string of the molecule is COC(=O)CCNC(=O)[C@@H]1O[P@](=O)(OCC(F)(F)F)OCC1(C)C. The summed E-state index contributed by atoms with van der Waals surface area (Å²) in [6.45, 7) is 0.879. The number of amides is 1. The molecule has 12 heteroatoms. The Labute approximate surface area is 136 Å². The Morgan fingerprint density at radius 1 is 1.38 bits per heavy atom. The summed E-state index contributed by atoms with van der Waals surface area (Å²) in [4.78, 5) is 23.1. The maximum Gasteiger partial charge on any atom is 0.475 e. The molecule has 0 aliphatic carbocycles. The summed E-state index contributed by atoms with van der Waals surface area (Å²) in [7, 11) is -3.35. The molecule has 0 bridgehead atoms. The molecule has 0 unspecified atom stereocenters. The van der Waals surface area contributed by atoms with Crippen molar-refractivity contribution in [2.45, 2.75) is 32.5 Å². The molecule has 0 aromatic heterocycles. The van der Waals surface area contributed by atoms with Crippen molar-refractivity contribution in [2.75, 3.05) is 26.9 Å². The summed E-state index contributed by atoms with van der Waals surface area (Å²) in [6, 6.07) is 0. The largest absolute Gasteiger partial charge is 0.475 e. The lowest BCUT2D eigenvalue weighted by atomic mass is 9.87. The van der Waals surface area contributed by atoms with Crippen molar-refractivity contribution in [3.63, 3.8) is 0 Å². The van der Waals surface area contributed by atoms with Gasteiger partial charge in [0.15, 0.2) is 12.7 Å². The zero-order valence-electron chi connectivity index (χ0n) is 13.3. The van der Waals surface area contributed by atoms with Crippen molar-refractivity contribution >= 4 is 19.7 Å². The molecule has 0 radical (unpaired) electrons. The van der Waals surface area contributed by atoms with E-state index in [1.165, 1.54) is 7.11 Å². The van der Waals surface area contributed by atoms with Gasteiger partial charge in [-0.1, -0.05) is 13.8 Å². The van der Waals surface area contributed by atoms with Crippen molar-refractivity contribution in [3.05, 3.63) is 0 Å². The number of nitrogens with one attached hydrogen (secondary N) is 1. The number of hydrogen-bond acceptors (Lipinski definition) is 7. The van der Waals surface area contributed by atoms with E-state index in [1.54, 1.807) is 13.8 Å². The monoisotopic (exact) mass is 377 g/mol. The van der Waals surface area contributed by atoms with Crippen LogP contribution in [0.2, 0.25) is 0 Å². The topological polar surface area (TPSA) is 100 Å². The van der Waals surface area contributed by atoms with Gasteiger partial charge in [-0.05, 0) is 0 Å². The van der Waals surface area contributed by atoms with Crippen LogP contribution in [0.3, 0.4) is 0 Å². The van der Waals surface area contributed by atoms with Crippen molar-refractivity contribution in [2.24, 2.45) is 5.41 Å². The molecule has 1 N–H and O–H groups in total. The second-order valence-corrected chi connectivity index (χ2v) is 7.32. The molecule has 1 aliphatic rings. The highest BCUT2D eigenvalue weighted by atomic mass is 31.2. The van der Waals surface area contributed by atoms with Crippen LogP contribution in [0.5, 0.6) is 0 Å². The van der Waals surface area contributed by atoms with Crippen LogP contribution in [0.4, 0.5) is 13.2 Å². The number of esters is 1. The molecular weight excluding hydrogens is 358 g/mol. The first kappa shape index (κ1) is 20.9. The van der Waals surface area contributed by atoms with Crippen molar-refractivity contribution in [1.29, 1.82) is 0 Å². The van der Waals surface area contributed by atoms with Crippen molar-refractivity contribution in [1.82, 2.24) is 5.32 Å². The van der Waals surface area contributed by atoms with Gasteiger partial charge in [0, 0.05) is 12.0 Å². The normalized spacial score (nSPS) is 26.7. The number of halogens is 3. The smallest absolute Gasteiger partial charge is 0.469 e. The van der Waals surface area contributed by atoms with Gasteiger partial charge in [0.1, 0.15) is 0 Å². The fourth-order valence-electron chi connectivity index (χ4n) is 1.73. The molecule has 1 saturated heterocycles. The quantitative estimate of drug-likeness (QED) is 0.556. The average molecular weight is 377 g/mol. The Bertz CT molecular complexity index is 523. The minimum absolute atomic E-state index is 0.0734. The molecule has 0 aromatic rings. The number of alkyl halides is 3. The van der Waals surface area contributed by atoms with Crippen molar-refractivity contribution in [3.8, 4) is 0 Å². The number of methoxy groups -OCH3 is 1. The zero-order valence-corrected chi connectivity index (χ0v) is 14.2. The van der Waals surface area contributed by atoms with Gasteiger partial charge in [0.2, 0.25) is 5.91 Å². The second kappa shape index (κ2) is 7.81. The van der Waals surface area contributed by atoms with Gasteiger partial charge in [-0.15, -0.1) is 0 Å². The van der Waals surface area contributed by atoms with E-state index in [0.717, 1.165) is 0 Å². The van der Waals surface area contributed by atoms with Gasteiger partial charge >= 0.3 is 20.0 Å². The summed E-state index contributed by atoms with van der Waals surface area (Å²) in [6.07, 6.45) is -6.20. The van der Waals surface area contributed by atoms with Gasteiger partial charge in [-0.3, -0.25) is 23.2 Å². The molecule has 1 heterocycles. The van der Waals surface area contributed by atoms with E-state index < -0.39 is 44.0 Å². The van der Waals surface area contributed by atoms with E-state index in [9.17, 15) is 27.3 Å². The summed E-state index contributed by atoms with van der Waals surface area (Å²) in [5.74, 6) is -1.30. The average Bonchev–Trinajstić information content (AvgIpc) is 2.47. The lowest BCUT2D eigenvalue weighted by molar-refractivity contribution is -0.166. The number of ether oxygens (including phenoxy) is 1. The van der Waals surface area contributed by atoms with Crippen LogP contribution in [-0.4, -0.2) is 51.0 Å². The zero-order chi connectivity index (χ0) is 18.6. The Hall–Kier alpha value is -1.16. The second-order valence-electron chi connectivity index (χ2n) is 5.70. The summed E-state index contributed by atoms with van der Waals surface area (Å²) >= 11 is 0. The van der Waals surface area contributed by atoms with Gasteiger partial charge in [0.25, 0.3) is 0 Å². The Morgan fingerprint density at radius 3 is 2.54 bits per heavy atom. The summed E-state index contributed by atoms with van der Waals surface area (Å²) in [5.41, 5.74) is -0.967. The van der Waals surface area contributed by atoms with E-state index in [-0.39, 0.29) is 19.6 Å². The minimum Gasteiger partial charge on any atom is -0.469 e. The van der Waals surface area contributed by atoms with E-state index in [2.05, 4.69) is 14.6 Å². The summed E-state index contributed by atoms with van der Waals surface area (Å²) in [5, 5.41) is 2.36. The molecule has 2 atom stereocenters. The highest BCUT2D eigenvalue weighted by Gasteiger charge is 2.50. The Balaban J connectivity index is 2.70. The van der Waals surface area contributed by atoms with E-state index >= 15 is 0 Å². The van der Waals surface area contributed by atoms with Crippen LogP contribution in [0.15, 0.2) is 0 Å². The van der Waals surface area contributed by atoms with Crippen LogP contribution in [0.25, 0.3) is 0 Å². The van der Waals surface area contributed by atoms with Crippen LogP contribution < -0.4 is 5.32 Å². The van der Waals surface area contributed by atoms with E-state index in [0.29, 0.717) is 0 Å². The molecule has 1 amide bonds. The Morgan fingerprint density at radius 2 is 2.00 bits per heavy atom. The van der Waals surface area contributed by atoms with Crippen LogP contribution in [0, 0.1) is 5.41 Å². The number of phosphoric ester groups is 1. The first-order chi connectivity index (χ1) is 10.9. The molecular formula is C12H19F3NO7P. The van der Waals surface area contributed by atoms with Crippen LogP contribution in [0.1, 0.15) is 20.3 Å². The van der Waals surface area contributed by atoms with Gasteiger partial charge in [-0.2, -0.15) is 13.2 Å². The fourth-order valence-corrected chi connectivity index (χ4v) is 3.36. The highest BCUT2D eigenvalue weighted by molar-refractivity contribution is 7.48.